The fourth-order valence-electron chi connectivity index (χ4n) is 3.03. The lowest BCUT2D eigenvalue weighted by molar-refractivity contribution is -0.143. The van der Waals surface area contributed by atoms with Gasteiger partial charge in [0.25, 0.3) is 0 Å². The Morgan fingerprint density at radius 1 is 0.844 bits per heavy atom. The smallest absolute Gasteiger partial charge is 0.329 e. The standard InChI is InChI=1S/C25H22FNO5/c1-31-24-10-6-5-9-20(24)27-21(15-22(28)17-7-3-2-4-8-17)25(30)32-16-23(29)18-11-13-19(26)14-12-18/h2-14,21,27H,15-16H2,1H3/t21-/m1/s1. The quantitative estimate of drug-likeness (QED) is 0.377. The van der Waals surface area contributed by atoms with E-state index in [2.05, 4.69) is 5.32 Å². The number of esters is 1. The summed E-state index contributed by atoms with van der Waals surface area (Å²) < 4.78 is 23.5. The Balaban J connectivity index is 1.74. The van der Waals surface area contributed by atoms with Crippen molar-refractivity contribution < 1.29 is 28.2 Å². The van der Waals surface area contributed by atoms with E-state index >= 15 is 0 Å². The third-order valence-electron chi connectivity index (χ3n) is 4.72. The SMILES string of the molecule is COc1ccccc1N[C@H](CC(=O)c1ccccc1)C(=O)OCC(=O)c1ccc(F)cc1. The molecule has 164 valence electrons. The van der Waals surface area contributed by atoms with Crippen LogP contribution in [0.15, 0.2) is 78.9 Å². The van der Waals surface area contributed by atoms with E-state index in [1.807, 2.05) is 0 Å². The Morgan fingerprint density at radius 3 is 2.16 bits per heavy atom. The Morgan fingerprint density at radius 2 is 1.47 bits per heavy atom. The Hall–Kier alpha value is -4.00. The fraction of sp³-hybridized carbons (Fsp3) is 0.160. The van der Waals surface area contributed by atoms with Gasteiger partial charge in [0.05, 0.1) is 12.8 Å². The summed E-state index contributed by atoms with van der Waals surface area (Å²) in [6.07, 6.45) is -0.189. The van der Waals surface area contributed by atoms with Crippen LogP contribution >= 0.6 is 0 Å². The first-order chi connectivity index (χ1) is 15.5. The maximum absolute atomic E-state index is 13.1. The summed E-state index contributed by atoms with van der Waals surface area (Å²) in [6, 6.07) is 19.4. The molecule has 0 saturated heterocycles. The Kier molecular flexibility index (Phi) is 7.70. The number of hydrogen-bond donors (Lipinski definition) is 1. The molecule has 3 aromatic carbocycles. The van der Waals surface area contributed by atoms with Gasteiger partial charge in [0.15, 0.2) is 18.2 Å². The minimum absolute atomic E-state index is 0.189. The van der Waals surface area contributed by atoms with Crippen LogP contribution in [-0.4, -0.2) is 37.3 Å². The van der Waals surface area contributed by atoms with Crippen molar-refractivity contribution >= 4 is 23.2 Å². The molecule has 0 unspecified atom stereocenters. The van der Waals surface area contributed by atoms with E-state index in [-0.39, 0.29) is 17.8 Å². The molecule has 3 aromatic rings. The molecule has 0 saturated carbocycles. The van der Waals surface area contributed by atoms with E-state index in [0.29, 0.717) is 17.0 Å². The second-order valence-electron chi connectivity index (χ2n) is 6.93. The average Bonchev–Trinajstić information content (AvgIpc) is 2.83. The van der Waals surface area contributed by atoms with Crippen molar-refractivity contribution in [2.24, 2.45) is 0 Å². The van der Waals surface area contributed by atoms with Gasteiger partial charge in [-0.1, -0.05) is 42.5 Å². The molecule has 1 atom stereocenters. The van der Waals surface area contributed by atoms with Crippen molar-refractivity contribution in [1.29, 1.82) is 0 Å². The second kappa shape index (κ2) is 10.9. The number of benzene rings is 3. The normalized spacial score (nSPS) is 11.3. The van der Waals surface area contributed by atoms with Crippen LogP contribution in [0.1, 0.15) is 27.1 Å². The van der Waals surface area contributed by atoms with E-state index in [4.69, 9.17) is 9.47 Å². The molecular formula is C25H22FNO5. The van der Waals surface area contributed by atoms with Gasteiger partial charge in [-0.05, 0) is 36.4 Å². The van der Waals surface area contributed by atoms with Crippen molar-refractivity contribution in [3.05, 3.63) is 95.8 Å². The van der Waals surface area contributed by atoms with Gasteiger partial charge in [-0.25, -0.2) is 9.18 Å². The molecule has 0 aromatic heterocycles. The molecule has 1 N–H and O–H groups in total. The summed E-state index contributed by atoms with van der Waals surface area (Å²) in [6.45, 7) is -0.534. The van der Waals surface area contributed by atoms with Crippen molar-refractivity contribution in [3.63, 3.8) is 0 Å². The van der Waals surface area contributed by atoms with Crippen molar-refractivity contribution in [3.8, 4) is 5.75 Å². The molecule has 32 heavy (non-hydrogen) atoms. The number of Topliss-reactive ketones (excluding diaryl/α,β-unsaturated/α-hetero) is 2. The maximum Gasteiger partial charge on any atom is 0.329 e. The topological polar surface area (TPSA) is 81.7 Å². The number of ether oxygens (including phenoxy) is 2. The maximum atomic E-state index is 13.1. The predicted octanol–water partition coefficient (Wildman–Crippen LogP) is 4.31. The number of anilines is 1. The van der Waals surface area contributed by atoms with Crippen molar-refractivity contribution in [2.45, 2.75) is 12.5 Å². The highest BCUT2D eigenvalue weighted by atomic mass is 19.1. The van der Waals surface area contributed by atoms with Crippen LogP contribution in [0.2, 0.25) is 0 Å². The third-order valence-corrected chi connectivity index (χ3v) is 4.72. The van der Waals surface area contributed by atoms with Crippen LogP contribution in [0.3, 0.4) is 0 Å². The summed E-state index contributed by atoms with van der Waals surface area (Å²) in [5.41, 5.74) is 1.17. The molecule has 0 aliphatic rings. The molecule has 0 amide bonds. The highest BCUT2D eigenvalue weighted by Gasteiger charge is 2.26. The minimum Gasteiger partial charge on any atom is -0.495 e. The molecule has 0 fully saturated rings. The van der Waals surface area contributed by atoms with Gasteiger partial charge in [0, 0.05) is 17.5 Å². The Labute approximate surface area is 185 Å². The molecule has 3 rings (SSSR count). The van der Waals surface area contributed by atoms with E-state index in [1.54, 1.807) is 54.6 Å². The molecule has 0 aliphatic carbocycles. The van der Waals surface area contributed by atoms with Gasteiger partial charge in [-0.15, -0.1) is 0 Å². The average molecular weight is 435 g/mol. The van der Waals surface area contributed by atoms with Crippen LogP contribution in [0, 0.1) is 5.82 Å². The number of hydrogen-bond acceptors (Lipinski definition) is 6. The number of carbonyl (C=O) groups is 3. The van der Waals surface area contributed by atoms with E-state index in [0.717, 1.165) is 12.1 Å². The number of nitrogens with one attached hydrogen (secondary N) is 1. The zero-order chi connectivity index (χ0) is 22.9. The number of methoxy groups -OCH3 is 1. The summed E-state index contributed by atoms with van der Waals surface area (Å²) >= 11 is 0. The molecule has 0 heterocycles. The first kappa shape index (κ1) is 22.7. The lowest BCUT2D eigenvalue weighted by Crippen LogP contribution is -2.35. The first-order valence-electron chi connectivity index (χ1n) is 9.91. The molecule has 7 heteroatoms. The fourth-order valence-corrected chi connectivity index (χ4v) is 3.03. The highest BCUT2D eigenvalue weighted by Crippen LogP contribution is 2.25. The zero-order valence-corrected chi connectivity index (χ0v) is 17.4. The highest BCUT2D eigenvalue weighted by molar-refractivity contribution is 6.01. The number of halogens is 1. The van der Waals surface area contributed by atoms with Crippen LogP contribution in [0.25, 0.3) is 0 Å². The van der Waals surface area contributed by atoms with Crippen LogP contribution in [-0.2, 0) is 9.53 Å². The molecular weight excluding hydrogens is 413 g/mol. The van der Waals surface area contributed by atoms with Gasteiger partial charge in [0.2, 0.25) is 0 Å². The van der Waals surface area contributed by atoms with Crippen LogP contribution < -0.4 is 10.1 Å². The lowest BCUT2D eigenvalue weighted by atomic mass is 10.0. The predicted molar refractivity (Wildman–Crippen MR) is 117 cm³/mol. The number of para-hydroxylation sites is 2. The largest absolute Gasteiger partial charge is 0.495 e. The number of carbonyl (C=O) groups excluding carboxylic acids is 3. The van der Waals surface area contributed by atoms with E-state index < -0.39 is 30.2 Å². The molecule has 6 nitrogen and oxygen atoms in total. The second-order valence-corrected chi connectivity index (χ2v) is 6.93. The monoisotopic (exact) mass is 435 g/mol. The molecule has 0 bridgehead atoms. The van der Waals surface area contributed by atoms with Crippen molar-refractivity contribution in [1.82, 2.24) is 0 Å². The van der Waals surface area contributed by atoms with Gasteiger partial charge >= 0.3 is 5.97 Å². The number of ketones is 2. The molecule has 0 aliphatic heterocycles. The summed E-state index contributed by atoms with van der Waals surface area (Å²) in [4.78, 5) is 37.8. The number of rotatable bonds is 10. The lowest BCUT2D eigenvalue weighted by Gasteiger charge is -2.19. The first-order valence-corrected chi connectivity index (χ1v) is 9.91. The van der Waals surface area contributed by atoms with Gasteiger partial charge < -0.3 is 14.8 Å². The van der Waals surface area contributed by atoms with Gasteiger partial charge in [0.1, 0.15) is 17.6 Å². The Bertz CT molecular complexity index is 1080. The summed E-state index contributed by atoms with van der Waals surface area (Å²) in [5, 5.41) is 2.99. The zero-order valence-electron chi connectivity index (χ0n) is 17.4. The van der Waals surface area contributed by atoms with Gasteiger partial charge in [-0.2, -0.15) is 0 Å². The summed E-state index contributed by atoms with van der Waals surface area (Å²) in [7, 11) is 1.49. The van der Waals surface area contributed by atoms with Crippen molar-refractivity contribution in [2.75, 3.05) is 19.0 Å². The third kappa shape index (κ3) is 6.01. The molecule has 0 radical (unpaired) electrons. The van der Waals surface area contributed by atoms with E-state index in [1.165, 1.54) is 19.2 Å². The van der Waals surface area contributed by atoms with Gasteiger partial charge in [-0.3, -0.25) is 9.59 Å². The van der Waals surface area contributed by atoms with Crippen LogP contribution in [0.4, 0.5) is 10.1 Å². The minimum atomic E-state index is -1.06. The van der Waals surface area contributed by atoms with Crippen LogP contribution in [0.5, 0.6) is 5.75 Å². The molecule has 0 spiro atoms. The summed E-state index contributed by atoms with van der Waals surface area (Å²) in [5.74, 6) is -1.50. The van der Waals surface area contributed by atoms with E-state index in [9.17, 15) is 18.8 Å².